The van der Waals surface area contributed by atoms with E-state index in [-0.39, 0.29) is 5.69 Å². The maximum absolute atomic E-state index is 11.9. The molecule has 0 spiro atoms. The van der Waals surface area contributed by atoms with Crippen molar-refractivity contribution in [3.8, 4) is 5.75 Å². The summed E-state index contributed by atoms with van der Waals surface area (Å²) >= 11 is 0. The summed E-state index contributed by atoms with van der Waals surface area (Å²) in [7, 11) is 0. The molecule has 2 heterocycles. The number of rotatable bonds is 7. The van der Waals surface area contributed by atoms with Crippen LogP contribution in [0.15, 0.2) is 12.1 Å². The third kappa shape index (κ3) is 2.77. The van der Waals surface area contributed by atoms with Crippen LogP contribution < -0.4 is 4.74 Å². The Morgan fingerprint density at radius 3 is 2.86 bits per heavy atom. The number of aromatic nitrogens is 3. The highest BCUT2D eigenvalue weighted by molar-refractivity contribution is 5.94. The minimum Gasteiger partial charge on any atom is -0.492 e. The van der Waals surface area contributed by atoms with Gasteiger partial charge in [-0.05, 0) is 38.3 Å². The van der Waals surface area contributed by atoms with Crippen LogP contribution in [-0.4, -0.2) is 34.0 Å². The van der Waals surface area contributed by atoms with Crippen LogP contribution >= 0.6 is 0 Å². The highest BCUT2D eigenvalue weighted by Crippen LogP contribution is 2.44. The van der Waals surface area contributed by atoms with E-state index in [0.29, 0.717) is 24.6 Å². The Morgan fingerprint density at radius 1 is 1.36 bits per heavy atom. The fourth-order valence-electron chi connectivity index (χ4n) is 2.49. The number of hydrogen-bond acceptors (Lipinski definition) is 5. The van der Waals surface area contributed by atoms with E-state index in [4.69, 9.17) is 9.47 Å². The molecule has 3 rings (SSSR count). The van der Waals surface area contributed by atoms with Gasteiger partial charge in [-0.2, -0.15) is 0 Å². The van der Waals surface area contributed by atoms with Crippen molar-refractivity contribution in [1.82, 2.24) is 14.8 Å². The van der Waals surface area contributed by atoms with Crippen LogP contribution in [0.1, 0.15) is 61.6 Å². The lowest BCUT2D eigenvalue weighted by molar-refractivity contribution is 0.0521. The highest BCUT2D eigenvalue weighted by atomic mass is 16.5. The van der Waals surface area contributed by atoms with Crippen LogP contribution in [0, 0.1) is 0 Å². The van der Waals surface area contributed by atoms with Gasteiger partial charge in [0.05, 0.1) is 18.9 Å². The average Bonchev–Trinajstić information content (AvgIpc) is 3.25. The summed E-state index contributed by atoms with van der Waals surface area (Å²) in [4.78, 5) is 11.9. The molecule has 1 saturated carbocycles. The maximum atomic E-state index is 11.9. The predicted molar refractivity (Wildman–Crippen MR) is 81.3 cm³/mol. The number of nitrogens with zero attached hydrogens (tertiary/aromatic N) is 3. The van der Waals surface area contributed by atoms with Gasteiger partial charge in [0.25, 0.3) is 0 Å². The molecular formula is C16H21N3O3. The zero-order valence-corrected chi connectivity index (χ0v) is 13.0. The molecule has 118 valence electrons. The van der Waals surface area contributed by atoms with Gasteiger partial charge in [0.15, 0.2) is 5.69 Å². The van der Waals surface area contributed by atoms with E-state index in [1.165, 1.54) is 0 Å². The molecule has 2 aromatic rings. The van der Waals surface area contributed by atoms with Crippen molar-refractivity contribution in [3.63, 3.8) is 0 Å². The van der Waals surface area contributed by atoms with Gasteiger partial charge >= 0.3 is 5.97 Å². The number of fused-ring (bicyclic) bond motifs is 1. The summed E-state index contributed by atoms with van der Waals surface area (Å²) < 4.78 is 12.7. The first kappa shape index (κ1) is 14.8. The standard InChI is InChI=1S/C16H21N3O3/c1-3-5-10-22-13-9-8-12-14(16(20)21-4-2)17-18-19(12)15(13)11-6-7-11/h8-9,11H,3-7,10H2,1-2H3. The molecule has 0 bridgehead atoms. The summed E-state index contributed by atoms with van der Waals surface area (Å²) in [5, 5.41) is 8.16. The number of esters is 1. The molecule has 0 unspecified atom stereocenters. The molecule has 0 saturated heterocycles. The number of carbonyl (C=O) groups excluding carboxylic acids is 1. The molecule has 1 fully saturated rings. The van der Waals surface area contributed by atoms with Crippen LogP contribution in [-0.2, 0) is 4.74 Å². The second kappa shape index (κ2) is 6.34. The molecule has 0 radical (unpaired) electrons. The van der Waals surface area contributed by atoms with Crippen molar-refractivity contribution in [2.75, 3.05) is 13.2 Å². The minimum absolute atomic E-state index is 0.267. The Hall–Kier alpha value is -2.11. The van der Waals surface area contributed by atoms with Gasteiger partial charge in [0.2, 0.25) is 0 Å². The molecule has 2 aromatic heterocycles. The number of ether oxygens (including phenoxy) is 2. The van der Waals surface area contributed by atoms with Crippen LogP contribution in [0.4, 0.5) is 0 Å². The number of pyridine rings is 1. The van der Waals surface area contributed by atoms with Crippen molar-refractivity contribution >= 4 is 11.5 Å². The van der Waals surface area contributed by atoms with Gasteiger partial charge in [0, 0.05) is 5.92 Å². The van der Waals surface area contributed by atoms with Gasteiger partial charge < -0.3 is 9.47 Å². The average molecular weight is 303 g/mol. The molecule has 0 amide bonds. The Labute approximate surface area is 129 Å². The van der Waals surface area contributed by atoms with Gasteiger partial charge in [-0.1, -0.05) is 18.6 Å². The smallest absolute Gasteiger partial charge is 0.361 e. The predicted octanol–water partition coefficient (Wildman–Crippen LogP) is 2.96. The Kier molecular flexibility index (Phi) is 4.27. The molecule has 0 N–H and O–H groups in total. The van der Waals surface area contributed by atoms with Gasteiger partial charge in [0.1, 0.15) is 11.3 Å². The number of carbonyl (C=O) groups is 1. The third-order valence-electron chi connectivity index (χ3n) is 3.77. The lowest BCUT2D eigenvalue weighted by Gasteiger charge is -2.12. The van der Waals surface area contributed by atoms with Gasteiger partial charge in [-0.25, -0.2) is 9.31 Å². The number of unbranched alkanes of at least 4 members (excludes halogenated alkanes) is 1. The van der Waals surface area contributed by atoms with E-state index in [2.05, 4.69) is 17.2 Å². The Bertz CT molecular complexity index is 677. The van der Waals surface area contributed by atoms with Crippen molar-refractivity contribution in [2.24, 2.45) is 0 Å². The SMILES string of the molecule is CCCCOc1ccc2c(C(=O)OCC)nnn2c1C1CC1. The van der Waals surface area contributed by atoms with Gasteiger partial charge in [-0.3, -0.25) is 0 Å². The van der Waals surface area contributed by atoms with Crippen molar-refractivity contribution in [3.05, 3.63) is 23.5 Å². The van der Waals surface area contributed by atoms with Gasteiger partial charge in [-0.15, -0.1) is 5.10 Å². The number of hydrogen-bond donors (Lipinski definition) is 0. The monoisotopic (exact) mass is 303 g/mol. The van der Waals surface area contributed by atoms with Crippen LogP contribution in [0.25, 0.3) is 5.52 Å². The molecule has 0 aliphatic heterocycles. The maximum Gasteiger partial charge on any atom is 0.361 e. The summed E-state index contributed by atoms with van der Waals surface area (Å²) in [6.07, 6.45) is 4.36. The second-order valence-corrected chi connectivity index (χ2v) is 5.51. The Balaban J connectivity index is 1.98. The molecule has 0 aromatic carbocycles. The summed E-state index contributed by atoms with van der Waals surface area (Å²) in [6, 6.07) is 3.75. The largest absolute Gasteiger partial charge is 0.492 e. The fraction of sp³-hybridized carbons (Fsp3) is 0.562. The van der Waals surface area contributed by atoms with E-state index in [1.54, 1.807) is 11.4 Å². The van der Waals surface area contributed by atoms with E-state index in [0.717, 1.165) is 37.1 Å². The lowest BCUT2D eigenvalue weighted by Crippen LogP contribution is -2.07. The first-order chi connectivity index (χ1) is 10.8. The lowest BCUT2D eigenvalue weighted by atomic mass is 10.2. The molecule has 0 atom stereocenters. The topological polar surface area (TPSA) is 65.7 Å². The molecular weight excluding hydrogens is 282 g/mol. The van der Waals surface area contributed by atoms with Crippen LogP contribution in [0.3, 0.4) is 0 Å². The summed E-state index contributed by atoms with van der Waals surface area (Å²) in [6.45, 7) is 4.93. The van der Waals surface area contributed by atoms with E-state index >= 15 is 0 Å². The van der Waals surface area contributed by atoms with Crippen molar-refractivity contribution < 1.29 is 14.3 Å². The molecule has 1 aliphatic carbocycles. The van der Waals surface area contributed by atoms with E-state index in [1.807, 2.05) is 12.1 Å². The minimum atomic E-state index is -0.432. The third-order valence-corrected chi connectivity index (χ3v) is 3.77. The Morgan fingerprint density at radius 2 is 2.18 bits per heavy atom. The van der Waals surface area contributed by atoms with Crippen LogP contribution in [0.5, 0.6) is 5.75 Å². The molecule has 6 nitrogen and oxygen atoms in total. The summed E-state index contributed by atoms with van der Waals surface area (Å²) in [5.74, 6) is 0.861. The molecule has 22 heavy (non-hydrogen) atoms. The zero-order valence-electron chi connectivity index (χ0n) is 13.0. The first-order valence-electron chi connectivity index (χ1n) is 7.94. The zero-order chi connectivity index (χ0) is 15.5. The normalized spacial score (nSPS) is 14.3. The van der Waals surface area contributed by atoms with Crippen LogP contribution in [0.2, 0.25) is 0 Å². The molecule has 6 heteroatoms. The molecule has 1 aliphatic rings. The van der Waals surface area contributed by atoms with Crippen molar-refractivity contribution in [2.45, 2.75) is 45.4 Å². The second-order valence-electron chi connectivity index (χ2n) is 5.51. The first-order valence-corrected chi connectivity index (χ1v) is 7.94. The summed E-state index contributed by atoms with van der Waals surface area (Å²) in [5.41, 5.74) is 1.98. The fourth-order valence-corrected chi connectivity index (χ4v) is 2.49. The highest BCUT2D eigenvalue weighted by Gasteiger charge is 2.31. The van der Waals surface area contributed by atoms with E-state index in [9.17, 15) is 4.79 Å². The quantitative estimate of drug-likeness (QED) is 0.581. The van der Waals surface area contributed by atoms with E-state index < -0.39 is 5.97 Å². The van der Waals surface area contributed by atoms with Crippen molar-refractivity contribution in [1.29, 1.82) is 0 Å².